The lowest BCUT2D eigenvalue weighted by atomic mass is 10.0. The van der Waals surface area contributed by atoms with Crippen LogP contribution < -0.4 is 10.1 Å². The lowest BCUT2D eigenvalue weighted by molar-refractivity contribution is -0.113. The fourth-order valence-electron chi connectivity index (χ4n) is 3.40. The molecule has 2 heterocycles. The van der Waals surface area contributed by atoms with Crippen LogP contribution in [0.1, 0.15) is 27.6 Å². The van der Waals surface area contributed by atoms with Crippen molar-refractivity contribution >= 4 is 23.5 Å². The van der Waals surface area contributed by atoms with E-state index in [9.17, 15) is 4.79 Å². The van der Waals surface area contributed by atoms with Gasteiger partial charge in [-0.2, -0.15) is 5.10 Å². The highest BCUT2D eigenvalue weighted by atomic mass is 32.2. The minimum atomic E-state index is -0.0135. The van der Waals surface area contributed by atoms with E-state index in [4.69, 9.17) is 9.84 Å². The number of fused-ring (bicyclic) bond motifs is 1. The number of carbonyl (C=O) groups excluding carboxylic acids is 1. The molecule has 2 aromatic carbocycles. The van der Waals surface area contributed by atoms with Crippen molar-refractivity contribution < 1.29 is 9.53 Å². The Morgan fingerprint density at radius 1 is 1.19 bits per heavy atom. The van der Waals surface area contributed by atoms with Gasteiger partial charge in [-0.25, -0.2) is 4.68 Å². The number of nitrogens with zero attached hydrogens (tertiary/aromatic N) is 2. The number of aromatic nitrogens is 2. The molecule has 1 aliphatic rings. The Labute approximate surface area is 162 Å². The summed E-state index contributed by atoms with van der Waals surface area (Å²) in [6, 6.07) is 16.1. The van der Waals surface area contributed by atoms with Gasteiger partial charge in [0.2, 0.25) is 5.91 Å². The van der Waals surface area contributed by atoms with Crippen molar-refractivity contribution in [2.24, 2.45) is 0 Å². The molecular formula is C21H21N3O2S. The van der Waals surface area contributed by atoms with E-state index < -0.39 is 0 Å². The third kappa shape index (κ3) is 3.32. The summed E-state index contributed by atoms with van der Waals surface area (Å²) in [5.41, 5.74) is 5.14. The number of ether oxygens (including phenoxy) is 1. The van der Waals surface area contributed by atoms with Gasteiger partial charge in [0.05, 0.1) is 29.5 Å². The molecule has 3 aromatic rings. The monoisotopic (exact) mass is 379 g/mol. The average molecular weight is 379 g/mol. The van der Waals surface area contributed by atoms with Crippen molar-refractivity contribution in [1.29, 1.82) is 0 Å². The van der Waals surface area contributed by atoms with Crippen molar-refractivity contribution in [1.82, 2.24) is 9.78 Å². The lowest BCUT2D eigenvalue weighted by Gasteiger charge is -2.16. The minimum Gasteiger partial charge on any atom is -0.497 e. The highest BCUT2D eigenvalue weighted by Gasteiger charge is 2.30. The number of hydrogen-bond donors (Lipinski definition) is 1. The topological polar surface area (TPSA) is 56.1 Å². The molecule has 4 rings (SSSR count). The predicted octanol–water partition coefficient (Wildman–Crippen LogP) is 4.27. The summed E-state index contributed by atoms with van der Waals surface area (Å²) in [5.74, 6) is 1.94. The summed E-state index contributed by atoms with van der Waals surface area (Å²) >= 11 is 1.61. The van der Waals surface area contributed by atoms with Gasteiger partial charge < -0.3 is 10.1 Å². The van der Waals surface area contributed by atoms with Crippen LogP contribution in [0.2, 0.25) is 0 Å². The molecule has 5 nitrogen and oxygen atoms in total. The minimum absolute atomic E-state index is 0.00705. The summed E-state index contributed by atoms with van der Waals surface area (Å²) in [6.07, 6.45) is 0. The second-order valence-corrected chi connectivity index (χ2v) is 7.71. The molecule has 0 aliphatic carbocycles. The number of nitrogens with one attached hydrogen (secondary N) is 1. The highest BCUT2D eigenvalue weighted by molar-refractivity contribution is 8.00. The normalized spacial score (nSPS) is 16.4. The number of rotatable bonds is 3. The van der Waals surface area contributed by atoms with Crippen molar-refractivity contribution in [3.8, 4) is 11.4 Å². The Bertz CT molecular complexity index is 1010. The van der Waals surface area contributed by atoms with E-state index >= 15 is 0 Å². The third-order valence-electron chi connectivity index (χ3n) is 4.65. The lowest BCUT2D eigenvalue weighted by Crippen LogP contribution is -2.15. The van der Waals surface area contributed by atoms with E-state index in [1.807, 2.05) is 54.9 Å². The summed E-state index contributed by atoms with van der Waals surface area (Å²) in [6.45, 7) is 4.04. The molecule has 1 aromatic heterocycles. The summed E-state index contributed by atoms with van der Waals surface area (Å²) in [5, 5.41) is 7.83. The van der Waals surface area contributed by atoms with Crippen LogP contribution in [0.5, 0.6) is 5.75 Å². The third-order valence-corrected chi connectivity index (χ3v) is 5.92. The molecule has 0 spiro atoms. The number of hydrogen-bond acceptors (Lipinski definition) is 4. The number of methoxy groups -OCH3 is 1. The Morgan fingerprint density at radius 3 is 2.78 bits per heavy atom. The van der Waals surface area contributed by atoms with Crippen LogP contribution in [0.4, 0.5) is 5.82 Å². The van der Waals surface area contributed by atoms with Crippen LogP contribution in [-0.4, -0.2) is 28.6 Å². The SMILES string of the molecule is COc1cccc([C@H]2SCC(=O)Nc3c2c(C)nn3-c2cccc(C)c2)c1. The van der Waals surface area contributed by atoms with Crippen molar-refractivity contribution in [3.63, 3.8) is 0 Å². The molecule has 0 saturated carbocycles. The van der Waals surface area contributed by atoms with E-state index in [-0.39, 0.29) is 11.2 Å². The zero-order valence-corrected chi connectivity index (χ0v) is 16.3. The van der Waals surface area contributed by atoms with E-state index in [1.54, 1.807) is 18.9 Å². The average Bonchev–Trinajstić information content (AvgIpc) is 2.87. The van der Waals surface area contributed by atoms with Gasteiger partial charge in [0.15, 0.2) is 0 Å². The summed E-state index contributed by atoms with van der Waals surface area (Å²) in [7, 11) is 1.66. The first-order valence-corrected chi connectivity index (χ1v) is 9.83. The molecule has 1 N–H and O–H groups in total. The van der Waals surface area contributed by atoms with Gasteiger partial charge in [-0.1, -0.05) is 24.3 Å². The standard InChI is InChI=1S/C21H21N3O2S/c1-13-6-4-8-16(10-13)24-21-19(14(2)23-24)20(27-12-18(25)22-21)15-7-5-9-17(11-15)26-3/h4-11,20H,12H2,1-3H3,(H,22,25)/t20-/m1/s1. The van der Waals surface area contributed by atoms with Gasteiger partial charge in [-0.3, -0.25) is 4.79 Å². The van der Waals surface area contributed by atoms with Crippen molar-refractivity contribution in [3.05, 3.63) is 70.9 Å². The molecule has 138 valence electrons. The summed E-state index contributed by atoms with van der Waals surface area (Å²) in [4.78, 5) is 12.4. The zero-order valence-electron chi connectivity index (χ0n) is 15.5. The molecule has 1 aliphatic heterocycles. The first kappa shape index (κ1) is 17.7. The van der Waals surface area contributed by atoms with Crippen LogP contribution in [0.25, 0.3) is 5.69 Å². The van der Waals surface area contributed by atoms with Gasteiger partial charge in [0.1, 0.15) is 11.6 Å². The maximum absolute atomic E-state index is 12.4. The van der Waals surface area contributed by atoms with Crippen LogP contribution in [0, 0.1) is 13.8 Å². The predicted molar refractivity (Wildman–Crippen MR) is 109 cm³/mol. The highest BCUT2D eigenvalue weighted by Crippen LogP contribution is 2.44. The molecule has 1 atom stereocenters. The maximum atomic E-state index is 12.4. The number of carbonyl (C=O) groups is 1. The fraction of sp³-hybridized carbons (Fsp3) is 0.238. The Kier molecular flexibility index (Phi) is 4.66. The zero-order chi connectivity index (χ0) is 19.0. The van der Waals surface area contributed by atoms with Gasteiger partial charge in [-0.15, -0.1) is 11.8 Å². The Morgan fingerprint density at radius 2 is 2.00 bits per heavy atom. The number of benzene rings is 2. The second-order valence-electron chi connectivity index (χ2n) is 6.61. The van der Waals surface area contributed by atoms with Gasteiger partial charge in [0, 0.05) is 5.56 Å². The molecule has 27 heavy (non-hydrogen) atoms. The molecule has 0 saturated heterocycles. The van der Waals surface area contributed by atoms with E-state index in [0.29, 0.717) is 5.75 Å². The number of aryl methyl sites for hydroxylation is 2. The van der Waals surface area contributed by atoms with Crippen LogP contribution >= 0.6 is 11.8 Å². The van der Waals surface area contributed by atoms with Crippen LogP contribution in [0.3, 0.4) is 0 Å². The second kappa shape index (κ2) is 7.12. The first-order valence-electron chi connectivity index (χ1n) is 8.79. The van der Waals surface area contributed by atoms with Crippen LogP contribution in [0.15, 0.2) is 48.5 Å². The maximum Gasteiger partial charge on any atom is 0.235 e. The smallest absolute Gasteiger partial charge is 0.235 e. The molecule has 0 radical (unpaired) electrons. The Balaban J connectivity index is 1.89. The van der Waals surface area contributed by atoms with Gasteiger partial charge in [-0.05, 0) is 49.2 Å². The first-order chi connectivity index (χ1) is 13.1. The van der Waals surface area contributed by atoms with Gasteiger partial charge >= 0.3 is 0 Å². The number of thioether (sulfide) groups is 1. The van der Waals surface area contributed by atoms with Crippen molar-refractivity contribution in [2.45, 2.75) is 19.1 Å². The quantitative estimate of drug-likeness (QED) is 0.738. The number of amides is 1. The molecular weight excluding hydrogens is 358 g/mol. The fourth-order valence-corrected chi connectivity index (χ4v) is 4.58. The molecule has 0 fully saturated rings. The molecule has 1 amide bonds. The largest absolute Gasteiger partial charge is 0.497 e. The van der Waals surface area contributed by atoms with Crippen molar-refractivity contribution in [2.75, 3.05) is 18.2 Å². The molecule has 6 heteroatoms. The van der Waals surface area contributed by atoms with E-state index in [0.717, 1.165) is 39.6 Å². The van der Waals surface area contributed by atoms with Crippen LogP contribution in [-0.2, 0) is 4.79 Å². The molecule has 0 bridgehead atoms. The van der Waals surface area contributed by atoms with Gasteiger partial charge in [0.25, 0.3) is 0 Å². The van der Waals surface area contributed by atoms with E-state index in [1.165, 1.54) is 0 Å². The molecule has 0 unspecified atom stereocenters. The number of anilines is 1. The summed E-state index contributed by atoms with van der Waals surface area (Å²) < 4.78 is 7.23. The Hall–Kier alpha value is -2.73. The van der Waals surface area contributed by atoms with E-state index in [2.05, 4.69) is 17.4 Å².